The van der Waals surface area contributed by atoms with E-state index in [4.69, 9.17) is 4.74 Å². The van der Waals surface area contributed by atoms with E-state index < -0.39 is 0 Å². The van der Waals surface area contributed by atoms with E-state index in [0.29, 0.717) is 18.9 Å². The normalized spacial score (nSPS) is 19.7. The van der Waals surface area contributed by atoms with Crippen molar-refractivity contribution in [2.24, 2.45) is 5.92 Å². The van der Waals surface area contributed by atoms with Gasteiger partial charge in [-0.15, -0.1) is 0 Å². The Hall–Kier alpha value is -1.46. The van der Waals surface area contributed by atoms with Crippen molar-refractivity contribution in [3.8, 4) is 0 Å². The third kappa shape index (κ3) is 5.81. The van der Waals surface area contributed by atoms with Gasteiger partial charge in [0, 0.05) is 38.6 Å². The fourth-order valence-electron chi connectivity index (χ4n) is 2.56. The molecular formula is C16H25N3O2. The SMILES string of the molecule is CC(C)CN1CCO[C@@H](CNC(=O)Cc2cccnc2)C1. The highest BCUT2D eigenvalue weighted by Crippen LogP contribution is 2.07. The summed E-state index contributed by atoms with van der Waals surface area (Å²) in [7, 11) is 0. The molecule has 2 heterocycles. The van der Waals surface area contributed by atoms with Gasteiger partial charge in [0.1, 0.15) is 0 Å². The number of aromatic nitrogens is 1. The second-order valence-electron chi connectivity index (χ2n) is 5.99. The van der Waals surface area contributed by atoms with E-state index in [2.05, 4.69) is 29.0 Å². The monoisotopic (exact) mass is 291 g/mol. The lowest BCUT2D eigenvalue weighted by Gasteiger charge is -2.33. The van der Waals surface area contributed by atoms with E-state index in [0.717, 1.165) is 31.8 Å². The van der Waals surface area contributed by atoms with Gasteiger partial charge in [-0.2, -0.15) is 0 Å². The number of nitrogens with one attached hydrogen (secondary N) is 1. The summed E-state index contributed by atoms with van der Waals surface area (Å²) in [5.74, 6) is 0.677. The molecule has 0 saturated carbocycles. The molecule has 2 rings (SSSR count). The second kappa shape index (κ2) is 8.10. The lowest BCUT2D eigenvalue weighted by molar-refractivity contribution is -0.121. The Labute approximate surface area is 126 Å². The number of carbonyl (C=O) groups is 1. The molecular weight excluding hydrogens is 266 g/mol. The summed E-state index contributed by atoms with van der Waals surface area (Å²) in [5, 5.41) is 2.96. The lowest BCUT2D eigenvalue weighted by atomic mass is 10.1. The van der Waals surface area contributed by atoms with Crippen LogP contribution >= 0.6 is 0 Å². The minimum absolute atomic E-state index is 0.0209. The van der Waals surface area contributed by atoms with E-state index in [1.165, 1.54) is 0 Å². The topological polar surface area (TPSA) is 54.5 Å². The van der Waals surface area contributed by atoms with Gasteiger partial charge >= 0.3 is 0 Å². The Morgan fingerprint density at radius 3 is 3.14 bits per heavy atom. The lowest BCUT2D eigenvalue weighted by Crippen LogP contribution is -2.48. The van der Waals surface area contributed by atoms with Crippen LogP contribution in [-0.2, 0) is 16.0 Å². The molecule has 0 unspecified atom stereocenters. The molecule has 5 heteroatoms. The quantitative estimate of drug-likeness (QED) is 0.853. The Balaban J connectivity index is 1.71. The molecule has 0 radical (unpaired) electrons. The molecule has 1 aromatic heterocycles. The third-order valence-electron chi connectivity index (χ3n) is 3.46. The maximum absolute atomic E-state index is 11.9. The highest BCUT2D eigenvalue weighted by atomic mass is 16.5. The van der Waals surface area contributed by atoms with Crippen LogP contribution in [0.25, 0.3) is 0 Å². The number of morpholine rings is 1. The van der Waals surface area contributed by atoms with Gasteiger partial charge in [-0.05, 0) is 17.5 Å². The highest BCUT2D eigenvalue weighted by molar-refractivity contribution is 5.78. The minimum atomic E-state index is 0.0209. The van der Waals surface area contributed by atoms with Crippen LogP contribution < -0.4 is 5.32 Å². The fourth-order valence-corrected chi connectivity index (χ4v) is 2.56. The van der Waals surface area contributed by atoms with Gasteiger partial charge in [0.15, 0.2) is 0 Å². The zero-order valence-electron chi connectivity index (χ0n) is 12.9. The van der Waals surface area contributed by atoms with Crippen LogP contribution in [0.5, 0.6) is 0 Å². The number of pyridine rings is 1. The van der Waals surface area contributed by atoms with Gasteiger partial charge in [0.2, 0.25) is 5.91 Å². The standard InChI is InChI=1S/C16H25N3O2/c1-13(2)11-19-6-7-21-15(12-19)10-18-16(20)8-14-4-3-5-17-9-14/h3-5,9,13,15H,6-8,10-12H2,1-2H3,(H,18,20)/t15-/m0/s1. The predicted molar refractivity (Wildman–Crippen MR) is 82.0 cm³/mol. The summed E-state index contributed by atoms with van der Waals surface area (Å²) >= 11 is 0. The van der Waals surface area contributed by atoms with E-state index in [-0.39, 0.29) is 12.0 Å². The molecule has 1 aromatic rings. The Morgan fingerprint density at radius 2 is 2.43 bits per heavy atom. The van der Waals surface area contributed by atoms with Crippen molar-refractivity contribution < 1.29 is 9.53 Å². The second-order valence-corrected chi connectivity index (χ2v) is 5.99. The highest BCUT2D eigenvalue weighted by Gasteiger charge is 2.21. The summed E-state index contributed by atoms with van der Waals surface area (Å²) in [5.41, 5.74) is 0.931. The smallest absolute Gasteiger partial charge is 0.224 e. The van der Waals surface area contributed by atoms with Crippen molar-refractivity contribution in [1.29, 1.82) is 0 Å². The molecule has 1 fully saturated rings. The average molecular weight is 291 g/mol. The fraction of sp³-hybridized carbons (Fsp3) is 0.625. The number of amides is 1. The summed E-state index contributed by atoms with van der Waals surface area (Å²) in [4.78, 5) is 18.3. The van der Waals surface area contributed by atoms with Crippen LogP contribution in [0.15, 0.2) is 24.5 Å². The first-order chi connectivity index (χ1) is 10.1. The number of ether oxygens (including phenoxy) is 1. The Kier molecular flexibility index (Phi) is 6.14. The summed E-state index contributed by atoms with van der Waals surface area (Å²) in [6.45, 7) is 8.73. The first kappa shape index (κ1) is 15.9. The number of hydrogen-bond donors (Lipinski definition) is 1. The van der Waals surface area contributed by atoms with E-state index in [1.54, 1.807) is 12.4 Å². The van der Waals surface area contributed by atoms with Crippen LogP contribution in [0.2, 0.25) is 0 Å². The van der Waals surface area contributed by atoms with Crippen molar-refractivity contribution in [2.75, 3.05) is 32.8 Å². The minimum Gasteiger partial charge on any atom is -0.374 e. The molecule has 1 N–H and O–H groups in total. The van der Waals surface area contributed by atoms with Gasteiger partial charge in [0.25, 0.3) is 0 Å². The van der Waals surface area contributed by atoms with Crippen LogP contribution in [0.1, 0.15) is 19.4 Å². The number of rotatable bonds is 6. The molecule has 0 aromatic carbocycles. The molecule has 116 valence electrons. The third-order valence-corrected chi connectivity index (χ3v) is 3.46. The van der Waals surface area contributed by atoms with Crippen molar-refractivity contribution in [3.05, 3.63) is 30.1 Å². The molecule has 0 bridgehead atoms. The molecule has 21 heavy (non-hydrogen) atoms. The molecule has 1 aliphatic heterocycles. The molecule has 1 atom stereocenters. The predicted octanol–water partition coefficient (Wildman–Crippen LogP) is 1.10. The zero-order chi connectivity index (χ0) is 15.1. The largest absolute Gasteiger partial charge is 0.374 e. The first-order valence-electron chi connectivity index (χ1n) is 7.63. The number of carbonyl (C=O) groups excluding carboxylic acids is 1. The molecule has 1 amide bonds. The molecule has 0 spiro atoms. The van der Waals surface area contributed by atoms with Crippen LogP contribution in [-0.4, -0.2) is 54.7 Å². The van der Waals surface area contributed by atoms with E-state index in [1.807, 2.05) is 12.1 Å². The van der Waals surface area contributed by atoms with Crippen molar-refractivity contribution in [3.63, 3.8) is 0 Å². The van der Waals surface area contributed by atoms with Crippen LogP contribution in [0.4, 0.5) is 0 Å². The molecule has 1 aliphatic rings. The Bertz CT molecular complexity index is 436. The van der Waals surface area contributed by atoms with Crippen molar-refractivity contribution in [2.45, 2.75) is 26.4 Å². The van der Waals surface area contributed by atoms with E-state index in [9.17, 15) is 4.79 Å². The maximum Gasteiger partial charge on any atom is 0.224 e. The van der Waals surface area contributed by atoms with Gasteiger partial charge in [0.05, 0.1) is 19.1 Å². The van der Waals surface area contributed by atoms with Gasteiger partial charge < -0.3 is 10.1 Å². The number of nitrogens with zero attached hydrogens (tertiary/aromatic N) is 2. The van der Waals surface area contributed by atoms with Crippen molar-refractivity contribution in [1.82, 2.24) is 15.2 Å². The molecule has 1 saturated heterocycles. The Morgan fingerprint density at radius 1 is 1.57 bits per heavy atom. The maximum atomic E-state index is 11.9. The molecule has 0 aliphatic carbocycles. The van der Waals surface area contributed by atoms with Crippen molar-refractivity contribution >= 4 is 5.91 Å². The van der Waals surface area contributed by atoms with Crippen LogP contribution in [0.3, 0.4) is 0 Å². The first-order valence-corrected chi connectivity index (χ1v) is 7.63. The number of hydrogen-bond acceptors (Lipinski definition) is 4. The molecule has 5 nitrogen and oxygen atoms in total. The van der Waals surface area contributed by atoms with Gasteiger partial charge in [-0.25, -0.2) is 0 Å². The van der Waals surface area contributed by atoms with Gasteiger partial charge in [-0.1, -0.05) is 19.9 Å². The zero-order valence-corrected chi connectivity index (χ0v) is 12.9. The average Bonchev–Trinajstić information content (AvgIpc) is 2.46. The summed E-state index contributed by atoms with van der Waals surface area (Å²) in [6.07, 6.45) is 3.90. The van der Waals surface area contributed by atoms with E-state index >= 15 is 0 Å². The van der Waals surface area contributed by atoms with Crippen LogP contribution in [0, 0.1) is 5.92 Å². The van der Waals surface area contributed by atoms with Gasteiger partial charge in [-0.3, -0.25) is 14.7 Å². The summed E-state index contributed by atoms with van der Waals surface area (Å²) in [6, 6.07) is 3.75. The summed E-state index contributed by atoms with van der Waals surface area (Å²) < 4.78 is 5.72.